The Hall–Kier alpha value is -3.64. The average Bonchev–Trinajstić information content (AvgIpc) is 3.15. The van der Waals surface area contributed by atoms with E-state index < -0.39 is 47.7 Å². The Kier molecular flexibility index (Phi) is 8.69. The van der Waals surface area contributed by atoms with E-state index in [2.05, 4.69) is 15.4 Å². The number of carbonyl (C=O) groups excluding carboxylic acids is 3. The van der Waals surface area contributed by atoms with Gasteiger partial charge in [-0.3, -0.25) is 19.4 Å². The highest BCUT2D eigenvalue weighted by Gasteiger charge is 2.55. The molecule has 214 valence electrons. The van der Waals surface area contributed by atoms with Gasteiger partial charge in [0.2, 0.25) is 11.8 Å². The summed E-state index contributed by atoms with van der Waals surface area (Å²) in [5, 5.41) is 8.11. The lowest BCUT2D eigenvalue weighted by molar-refractivity contribution is -0.144. The van der Waals surface area contributed by atoms with Crippen molar-refractivity contribution in [2.24, 2.45) is 16.3 Å². The van der Waals surface area contributed by atoms with Crippen molar-refractivity contribution in [1.82, 2.24) is 20.2 Å². The first kappa shape index (κ1) is 29.3. The Morgan fingerprint density at radius 1 is 1.25 bits per heavy atom. The number of ether oxygens (including phenoxy) is 1. The third kappa shape index (κ3) is 6.56. The maximum Gasteiger partial charge on any atom is 0.258 e. The fourth-order valence-electron chi connectivity index (χ4n) is 4.71. The molecule has 1 aromatic heterocycles. The number of hydrazone groups is 1. The highest BCUT2D eigenvalue weighted by molar-refractivity contribution is 6.30. The van der Waals surface area contributed by atoms with Gasteiger partial charge < -0.3 is 20.7 Å². The zero-order chi connectivity index (χ0) is 29.1. The number of piperidine rings is 1. The van der Waals surface area contributed by atoms with Crippen molar-refractivity contribution in [3.8, 4) is 5.75 Å². The number of amides is 3. The van der Waals surface area contributed by atoms with E-state index >= 15 is 0 Å². The molecule has 0 bridgehead atoms. The number of pyridine rings is 1. The van der Waals surface area contributed by atoms with Gasteiger partial charge in [0.1, 0.15) is 30.4 Å². The van der Waals surface area contributed by atoms with Crippen LogP contribution in [0.5, 0.6) is 5.75 Å². The van der Waals surface area contributed by atoms with Crippen molar-refractivity contribution in [2.75, 3.05) is 26.2 Å². The minimum absolute atomic E-state index is 0.0703. The fraction of sp³-hybridized carbons (Fsp3) is 0.444. The minimum Gasteiger partial charge on any atom is -0.491 e. The lowest BCUT2D eigenvalue weighted by atomic mass is 9.74. The van der Waals surface area contributed by atoms with Gasteiger partial charge in [0.05, 0.1) is 11.3 Å². The number of hydrogen-bond acceptors (Lipinski definition) is 7. The molecule has 10 nitrogen and oxygen atoms in total. The first-order valence-electron chi connectivity index (χ1n) is 12.7. The lowest BCUT2D eigenvalue weighted by Crippen LogP contribution is -2.62. The topological polar surface area (TPSA) is 130 Å². The van der Waals surface area contributed by atoms with Gasteiger partial charge >= 0.3 is 0 Å². The van der Waals surface area contributed by atoms with Crippen molar-refractivity contribution >= 4 is 35.0 Å². The van der Waals surface area contributed by atoms with E-state index in [-0.39, 0.29) is 32.5 Å². The second kappa shape index (κ2) is 11.8. The fourth-order valence-corrected chi connectivity index (χ4v) is 4.90. The zero-order valence-corrected chi connectivity index (χ0v) is 22.9. The summed E-state index contributed by atoms with van der Waals surface area (Å²) in [5.41, 5.74) is 4.28. The molecule has 1 fully saturated rings. The van der Waals surface area contributed by atoms with E-state index in [4.69, 9.17) is 22.1 Å². The smallest absolute Gasteiger partial charge is 0.258 e. The quantitative estimate of drug-likeness (QED) is 0.446. The number of carbonyl (C=O) groups is 3. The molecule has 2 aliphatic heterocycles. The molecular weight excluding hydrogens is 546 g/mol. The molecule has 3 N–H and O–H groups in total. The minimum atomic E-state index is -2.78. The number of nitrogens with zero attached hydrogens (tertiary/aromatic N) is 4. The molecule has 0 saturated carbocycles. The molecule has 0 spiro atoms. The van der Waals surface area contributed by atoms with E-state index in [9.17, 15) is 23.2 Å². The van der Waals surface area contributed by atoms with Crippen LogP contribution in [-0.4, -0.2) is 82.6 Å². The maximum absolute atomic E-state index is 13.9. The average molecular weight is 577 g/mol. The van der Waals surface area contributed by atoms with Gasteiger partial charge in [-0.1, -0.05) is 23.7 Å². The molecule has 0 aliphatic carbocycles. The molecule has 1 saturated heterocycles. The summed E-state index contributed by atoms with van der Waals surface area (Å²) in [6.07, 6.45) is -0.956. The van der Waals surface area contributed by atoms with E-state index in [1.807, 2.05) is 0 Å². The molecule has 2 atom stereocenters. The molecule has 13 heteroatoms. The van der Waals surface area contributed by atoms with E-state index in [1.165, 1.54) is 18.7 Å². The number of hydrogen-bond donors (Lipinski definition) is 2. The maximum atomic E-state index is 13.9. The highest BCUT2D eigenvalue weighted by Crippen LogP contribution is 2.38. The number of halogens is 3. The predicted octanol–water partition coefficient (Wildman–Crippen LogP) is 2.26. The first-order valence-corrected chi connectivity index (χ1v) is 13.1. The summed E-state index contributed by atoms with van der Waals surface area (Å²) in [5.74, 6) is -1.33. The Morgan fingerprint density at radius 2 is 2.02 bits per heavy atom. The molecule has 4 rings (SSSR count). The predicted molar refractivity (Wildman–Crippen MR) is 144 cm³/mol. The largest absolute Gasteiger partial charge is 0.491 e. The number of rotatable bonds is 10. The standard InChI is InChI=1S/C27H31ClF2N6O4/c1-26(2,31)24(38)33-20(15-40-19-8-5-6-17(28)12-19)23(37)35-11-9-21-27(16-35,13-18-7-3-4-10-32-18)25(39)36(34-21)14-22(29)30/h3-8,10,12,20,22H,9,11,13-16,31H2,1-2H3,(H,33,38). The number of aromatic nitrogens is 1. The van der Waals surface area contributed by atoms with Crippen LogP contribution in [0, 0.1) is 5.41 Å². The summed E-state index contributed by atoms with van der Waals surface area (Å²) in [7, 11) is 0. The zero-order valence-electron chi connectivity index (χ0n) is 22.1. The van der Waals surface area contributed by atoms with Crippen molar-refractivity contribution < 1.29 is 27.9 Å². The Balaban J connectivity index is 1.61. The summed E-state index contributed by atoms with van der Waals surface area (Å²) in [4.78, 5) is 46.0. The summed E-state index contributed by atoms with van der Waals surface area (Å²) in [6, 6.07) is 10.6. The van der Waals surface area contributed by atoms with Crippen LogP contribution in [0.15, 0.2) is 53.8 Å². The van der Waals surface area contributed by atoms with Crippen LogP contribution in [0.2, 0.25) is 5.02 Å². The Bertz CT molecular complexity index is 1290. The summed E-state index contributed by atoms with van der Waals surface area (Å²) in [6.45, 7) is 1.95. The van der Waals surface area contributed by atoms with Gasteiger partial charge in [-0.2, -0.15) is 5.10 Å². The second-order valence-corrected chi connectivity index (χ2v) is 10.9. The van der Waals surface area contributed by atoms with Crippen molar-refractivity contribution in [3.05, 3.63) is 59.4 Å². The van der Waals surface area contributed by atoms with E-state index in [0.717, 1.165) is 5.01 Å². The number of fused-ring (bicyclic) bond motifs is 1. The van der Waals surface area contributed by atoms with Crippen LogP contribution in [0.3, 0.4) is 0 Å². The molecule has 2 aromatic rings. The molecule has 2 aliphatic rings. The summed E-state index contributed by atoms with van der Waals surface area (Å²) >= 11 is 6.04. The number of nitrogens with one attached hydrogen (secondary N) is 1. The number of nitrogens with two attached hydrogens (primary N) is 1. The van der Waals surface area contributed by atoms with Crippen LogP contribution in [0.4, 0.5) is 8.78 Å². The molecule has 3 amide bonds. The molecule has 40 heavy (non-hydrogen) atoms. The number of alkyl halides is 2. The second-order valence-electron chi connectivity index (χ2n) is 10.4. The molecular formula is C27H31ClF2N6O4. The Morgan fingerprint density at radius 3 is 2.67 bits per heavy atom. The van der Waals surface area contributed by atoms with Crippen molar-refractivity contribution in [1.29, 1.82) is 0 Å². The van der Waals surface area contributed by atoms with Gasteiger partial charge in [-0.05, 0) is 44.2 Å². The van der Waals surface area contributed by atoms with Gasteiger partial charge in [-0.15, -0.1) is 0 Å². The van der Waals surface area contributed by atoms with Crippen LogP contribution in [0.1, 0.15) is 26.0 Å². The highest BCUT2D eigenvalue weighted by atomic mass is 35.5. The van der Waals surface area contributed by atoms with Gasteiger partial charge in [-0.25, -0.2) is 13.8 Å². The van der Waals surface area contributed by atoms with Crippen LogP contribution < -0.4 is 15.8 Å². The monoisotopic (exact) mass is 576 g/mol. The summed E-state index contributed by atoms with van der Waals surface area (Å²) < 4.78 is 32.3. The molecule has 0 radical (unpaired) electrons. The number of likely N-dealkylation sites (tertiary alicyclic amines) is 1. The SMILES string of the molecule is CC(C)(N)C(=O)NC(COc1cccc(Cl)c1)C(=O)N1CCC2=NN(CC(F)F)C(=O)C2(Cc2ccccn2)C1. The third-order valence-corrected chi connectivity index (χ3v) is 6.99. The van der Waals surface area contributed by atoms with Crippen molar-refractivity contribution in [3.63, 3.8) is 0 Å². The van der Waals surface area contributed by atoms with Gasteiger partial charge in [0.15, 0.2) is 0 Å². The van der Waals surface area contributed by atoms with E-state index in [0.29, 0.717) is 22.2 Å². The van der Waals surface area contributed by atoms with Gasteiger partial charge in [0.25, 0.3) is 12.3 Å². The molecule has 2 unspecified atom stereocenters. The normalized spacial score (nSPS) is 19.8. The molecule has 1 aromatic carbocycles. The lowest BCUT2D eigenvalue weighted by Gasteiger charge is -2.40. The van der Waals surface area contributed by atoms with Crippen LogP contribution in [0.25, 0.3) is 0 Å². The van der Waals surface area contributed by atoms with Gasteiger partial charge in [0, 0.05) is 42.8 Å². The third-order valence-electron chi connectivity index (χ3n) is 6.75. The van der Waals surface area contributed by atoms with Crippen molar-refractivity contribution in [2.45, 2.75) is 44.7 Å². The number of benzene rings is 1. The molecule has 3 heterocycles. The van der Waals surface area contributed by atoms with Crippen LogP contribution >= 0.6 is 11.6 Å². The first-order chi connectivity index (χ1) is 18.9. The van der Waals surface area contributed by atoms with E-state index in [1.54, 1.807) is 48.7 Å². The van der Waals surface area contributed by atoms with Crippen LogP contribution in [-0.2, 0) is 20.8 Å². The Labute approximate surface area is 235 Å².